The van der Waals surface area contributed by atoms with E-state index in [0.717, 1.165) is 6.42 Å². The summed E-state index contributed by atoms with van der Waals surface area (Å²) in [5, 5.41) is 11.4. The second-order valence-corrected chi connectivity index (χ2v) is 5.07. The molecule has 0 aliphatic rings. The molecule has 0 aliphatic heterocycles. The van der Waals surface area contributed by atoms with Gasteiger partial charge in [-0.05, 0) is 24.6 Å². The molecule has 1 atom stereocenters. The molecule has 0 aromatic heterocycles. The van der Waals surface area contributed by atoms with E-state index in [-0.39, 0.29) is 5.56 Å². The summed E-state index contributed by atoms with van der Waals surface area (Å²) < 4.78 is 13.9. The van der Waals surface area contributed by atoms with Crippen LogP contribution in [0.2, 0.25) is 0 Å². The number of hydrogen-bond acceptors (Lipinski definition) is 3. The molecule has 1 amide bonds. The number of nitrogens with zero attached hydrogens (tertiary/aromatic N) is 1. The molecule has 2 N–H and O–H groups in total. The lowest BCUT2D eigenvalue weighted by atomic mass is 10.1. The van der Waals surface area contributed by atoms with Crippen LogP contribution in [-0.2, 0) is 4.79 Å². The molecule has 1 aromatic rings. The van der Waals surface area contributed by atoms with Crippen LogP contribution in [0.25, 0.3) is 0 Å². The van der Waals surface area contributed by atoms with Crippen LogP contribution in [0.4, 0.5) is 10.1 Å². The highest BCUT2D eigenvalue weighted by atomic mass is 19.1. The van der Waals surface area contributed by atoms with Crippen LogP contribution in [0.5, 0.6) is 0 Å². The number of hydrogen-bond donors (Lipinski definition) is 2. The number of rotatable bonds is 7. The number of aliphatic carboxylic acids is 1. The van der Waals surface area contributed by atoms with Gasteiger partial charge in [0.25, 0.3) is 5.91 Å². The molecule has 0 unspecified atom stereocenters. The third-order valence-electron chi connectivity index (χ3n) is 3.16. The standard InChI is InChI=1S/C15H21FN2O3/c1-4-5-6-13(15(20)21)17-14(19)11-8-7-10(18(2)3)9-12(11)16/h7-9,13H,4-6H2,1-3H3,(H,17,19)(H,20,21)/t13-/m0/s1. The summed E-state index contributed by atoms with van der Waals surface area (Å²) in [4.78, 5) is 24.8. The fourth-order valence-corrected chi connectivity index (χ4v) is 1.87. The monoisotopic (exact) mass is 296 g/mol. The first-order chi connectivity index (χ1) is 9.86. The van der Waals surface area contributed by atoms with Crippen molar-refractivity contribution >= 4 is 17.6 Å². The van der Waals surface area contributed by atoms with Crippen molar-refractivity contribution in [1.82, 2.24) is 5.32 Å². The summed E-state index contributed by atoms with van der Waals surface area (Å²) in [6, 6.07) is 3.22. The first kappa shape index (κ1) is 16.9. The summed E-state index contributed by atoms with van der Waals surface area (Å²) in [5.74, 6) is -2.48. The molecule has 21 heavy (non-hydrogen) atoms. The van der Waals surface area contributed by atoms with Crippen LogP contribution < -0.4 is 10.2 Å². The first-order valence-electron chi connectivity index (χ1n) is 6.87. The van der Waals surface area contributed by atoms with E-state index < -0.39 is 23.7 Å². The second-order valence-electron chi connectivity index (χ2n) is 5.07. The number of carboxylic acids is 1. The quantitative estimate of drug-likeness (QED) is 0.810. The van der Waals surface area contributed by atoms with Gasteiger partial charge in [0.2, 0.25) is 0 Å². The zero-order chi connectivity index (χ0) is 16.0. The maximum atomic E-state index is 13.9. The minimum Gasteiger partial charge on any atom is -0.480 e. The zero-order valence-corrected chi connectivity index (χ0v) is 12.5. The fraction of sp³-hybridized carbons (Fsp3) is 0.467. The van der Waals surface area contributed by atoms with Crippen molar-refractivity contribution in [2.45, 2.75) is 32.2 Å². The van der Waals surface area contributed by atoms with Gasteiger partial charge in [0.1, 0.15) is 11.9 Å². The van der Waals surface area contributed by atoms with Crippen LogP contribution >= 0.6 is 0 Å². The molecule has 6 heteroatoms. The van der Waals surface area contributed by atoms with Gasteiger partial charge in [-0.15, -0.1) is 0 Å². The number of amides is 1. The van der Waals surface area contributed by atoms with Gasteiger partial charge in [-0.3, -0.25) is 4.79 Å². The van der Waals surface area contributed by atoms with Gasteiger partial charge in [0.15, 0.2) is 0 Å². The van der Waals surface area contributed by atoms with E-state index in [1.807, 2.05) is 6.92 Å². The Bertz CT molecular complexity index is 518. The van der Waals surface area contributed by atoms with E-state index in [2.05, 4.69) is 5.32 Å². The Morgan fingerprint density at radius 3 is 2.52 bits per heavy atom. The number of carboxylic acid groups (broad SMARTS) is 1. The summed E-state index contributed by atoms with van der Waals surface area (Å²) in [7, 11) is 3.53. The van der Waals surface area contributed by atoms with Crippen molar-refractivity contribution in [3.05, 3.63) is 29.6 Å². The topological polar surface area (TPSA) is 69.6 Å². The molecular formula is C15H21FN2O3. The maximum absolute atomic E-state index is 13.9. The number of carbonyl (C=O) groups excluding carboxylic acids is 1. The molecular weight excluding hydrogens is 275 g/mol. The van der Waals surface area contributed by atoms with Gasteiger partial charge >= 0.3 is 5.97 Å². The highest BCUT2D eigenvalue weighted by Crippen LogP contribution is 2.17. The van der Waals surface area contributed by atoms with Crippen LogP contribution in [0, 0.1) is 5.82 Å². The highest BCUT2D eigenvalue weighted by molar-refractivity contribution is 5.97. The molecule has 116 valence electrons. The lowest BCUT2D eigenvalue weighted by Crippen LogP contribution is -2.41. The fourth-order valence-electron chi connectivity index (χ4n) is 1.87. The van der Waals surface area contributed by atoms with Gasteiger partial charge < -0.3 is 15.3 Å². The van der Waals surface area contributed by atoms with Gasteiger partial charge in [-0.2, -0.15) is 0 Å². The minimum atomic E-state index is -1.11. The van der Waals surface area contributed by atoms with Crippen LogP contribution in [-0.4, -0.2) is 37.1 Å². The van der Waals surface area contributed by atoms with Gasteiger partial charge in [0, 0.05) is 19.8 Å². The summed E-state index contributed by atoms with van der Waals surface area (Å²) in [6.45, 7) is 1.93. The first-order valence-corrected chi connectivity index (χ1v) is 6.87. The summed E-state index contributed by atoms with van der Waals surface area (Å²) in [5.41, 5.74) is 0.480. The summed E-state index contributed by atoms with van der Waals surface area (Å²) in [6.07, 6.45) is 1.83. The number of nitrogens with one attached hydrogen (secondary N) is 1. The molecule has 0 aliphatic carbocycles. The zero-order valence-electron chi connectivity index (χ0n) is 12.5. The third kappa shape index (κ3) is 4.73. The minimum absolute atomic E-state index is 0.150. The smallest absolute Gasteiger partial charge is 0.326 e. The number of benzene rings is 1. The molecule has 0 heterocycles. The normalized spacial score (nSPS) is 11.8. The van der Waals surface area contributed by atoms with Crippen molar-refractivity contribution < 1.29 is 19.1 Å². The largest absolute Gasteiger partial charge is 0.480 e. The predicted molar refractivity (Wildman–Crippen MR) is 79.1 cm³/mol. The molecule has 0 bridgehead atoms. The Kier molecular flexibility index (Phi) is 6.14. The van der Waals surface area contributed by atoms with E-state index in [4.69, 9.17) is 5.11 Å². The Hall–Kier alpha value is -2.11. The number of halogens is 1. The molecule has 0 fully saturated rings. The number of carbonyl (C=O) groups is 2. The van der Waals surface area contributed by atoms with E-state index >= 15 is 0 Å². The van der Waals surface area contributed by atoms with E-state index in [1.165, 1.54) is 12.1 Å². The Morgan fingerprint density at radius 1 is 1.38 bits per heavy atom. The molecule has 5 nitrogen and oxygen atoms in total. The number of anilines is 1. The Balaban J connectivity index is 2.85. The Labute approximate surface area is 123 Å². The van der Waals surface area contributed by atoms with Crippen molar-refractivity contribution in [3.8, 4) is 0 Å². The molecule has 0 saturated carbocycles. The van der Waals surface area contributed by atoms with Crippen molar-refractivity contribution in [1.29, 1.82) is 0 Å². The van der Waals surface area contributed by atoms with E-state index in [0.29, 0.717) is 18.5 Å². The van der Waals surface area contributed by atoms with Crippen LogP contribution in [0.15, 0.2) is 18.2 Å². The highest BCUT2D eigenvalue weighted by Gasteiger charge is 2.21. The predicted octanol–water partition coefficient (Wildman–Crippen LogP) is 2.26. The van der Waals surface area contributed by atoms with E-state index in [1.54, 1.807) is 25.1 Å². The summed E-state index contributed by atoms with van der Waals surface area (Å²) >= 11 is 0. The van der Waals surface area contributed by atoms with Crippen LogP contribution in [0.3, 0.4) is 0 Å². The molecule has 0 radical (unpaired) electrons. The lowest BCUT2D eigenvalue weighted by Gasteiger charge is -2.16. The molecule has 0 spiro atoms. The maximum Gasteiger partial charge on any atom is 0.326 e. The van der Waals surface area contributed by atoms with Crippen LogP contribution in [0.1, 0.15) is 36.5 Å². The molecule has 0 saturated heterocycles. The lowest BCUT2D eigenvalue weighted by molar-refractivity contribution is -0.139. The van der Waals surface area contributed by atoms with Crippen molar-refractivity contribution in [2.75, 3.05) is 19.0 Å². The van der Waals surface area contributed by atoms with Gasteiger partial charge in [-0.25, -0.2) is 9.18 Å². The SMILES string of the molecule is CCCC[C@H](NC(=O)c1ccc(N(C)C)cc1F)C(=O)O. The second kappa shape index (κ2) is 7.61. The van der Waals surface area contributed by atoms with E-state index in [9.17, 15) is 14.0 Å². The third-order valence-corrected chi connectivity index (χ3v) is 3.16. The van der Waals surface area contributed by atoms with Crippen molar-refractivity contribution in [3.63, 3.8) is 0 Å². The van der Waals surface area contributed by atoms with Gasteiger partial charge in [-0.1, -0.05) is 19.8 Å². The van der Waals surface area contributed by atoms with Gasteiger partial charge in [0.05, 0.1) is 5.56 Å². The molecule has 1 aromatic carbocycles. The average Bonchev–Trinajstić information content (AvgIpc) is 2.42. The average molecular weight is 296 g/mol. The number of unbranched alkanes of at least 4 members (excludes halogenated alkanes) is 1. The molecule has 1 rings (SSSR count). The van der Waals surface area contributed by atoms with Crippen molar-refractivity contribution in [2.24, 2.45) is 0 Å². The Morgan fingerprint density at radius 2 is 2.05 bits per heavy atom.